The molecule has 0 saturated carbocycles. The SMILES string of the molecule is CCOc1cc(C=O)c(Cl)cc1OCc1ccccc1Cl. The van der Waals surface area contributed by atoms with Crippen LogP contribution in [-0.2, 0) is 6.61 Å². The Labute approximate surface area is 133 Å². The molecule has 0 unspecified atom stereocenters. The molecule has 0 aliphatic heterocycles. The second-order valence-electron chi connectivity index (χ2n) is 4.25. The lowest BCUT2D eigenvalue weighted by Crippen LogP contribution is -2.01. The molecule has 2 rings (SSSR count). The first-order valence-electron chi connectivity index (χ1n) is 6.43. The average Bonchev–Trinajstić information content (AvgIpc) is 2.48. The predicted octanol–water partition coefficient (Wildman–Crippen LogP) is 4.78. The molecule has 5 heteroatoms. The topological polar surface area (TPSA) is 35.5 Å². The van der Waals surface area contributed by atoms with Crippen LogP contribution in [0, 0.1) is 0 Å². The second-order valence-corrected chi connectivity index (χ2v) is 5.07. The van der Waals surface area contributed by atoms with Crippen LogP contribution in [0.15, 0.2) is 36.4 Å². The summed E-state index contributed by atoms with van der Waals surface area (Å²) in [7, 11) is 0. The monoisotopic (exact) mass is 324 g/mol. The van der Waals surface area contributed by atoms with Crippen molar-refractivity contribution < 1.29 is 14.3 Å². The van der Waals surface area contributed by atoms with Crippen molar-refractivity contribution in [1.29, 1.82) is 0 Å². The number of hydrogen-bond acceptors (Lipinski definition) is 3. The summed E-state index contributed by atoms with van der Waals surface area (Å²) in [6.07, 6.45) is 0.683. The van der Waals surface area contributed by atoms with E-state index in [2.05, 4.69) is 0 Å². The lowest BCUT2D eigenvalue weighted by atomic mass is 10.2. The van der Waals surface area contributed by atoms with E-state index in [0.717, 1.165) is 5.56 Å². The van der Waals surface area contributed by atoms with E-state index >= 15 is 0 Å². The lowest BCUT2D eigenvalue weighted by Gasteiger charge is -2.14. The molecule has 0 amide bonds. The maximum absolute atomic E-state index is 10.9. The molecule has 0 saturated heterocycles. The summed E-state index contributed by atoms with van der Waals surface area (Å²) >= 11 is 12.1. The molecular formula is C16H14Cl2O3. The van der Waals surface area contributed by atoms with Crippen LogP contribution in [0.5, 0.6) is 11.5 Å². The van der Waals surface area contributed by atoms with Gasteiger partial charge in [0.05, 0.1) is 11.6 Å². The third kappa shape index (κ3) is 3.90. The van der Waals surface area contributed by atoms with Crippen molar-refractivity contribution in [1.82, 2.24) is 0 Å². The van der Waals surface area contributed by atoms with Gasteiger partial charge < -0.3 is 9.47 Å². The van der Waals surface area contributed by atoms with Gasteiger partial charge in [0.1, 0.15) is 6.61 Å². The van der Waals surface area contributed by atoms with Gasteiger partial charge in [-0.2, -0.15) is 0 Å². The fourth-order valence-electron chi connectivity index (χ4n) is 1.79. The molecule has 0 N–H and O–H groups in total. The van der Waals surface area contributed by atoms with Crippen LogP contribution in [0.3, 0.4) is 0 Å². The average molecular weight is 325 g/mol. The number of carbonyl (C=O) groups is 1. The van der Waals surface area contributed by atoms with E-state index in [1.807, 2.05) is 25.1 Å². The molecule has 0 aromatic heterocycles. The van der Waals surface area contributed by atoms with Gasteiger partial charge in [-0.05, 0) is 19.1 Å². The quantitative estimate of drug-likeness (QED) is 0.717. The Bertz CT molecular complexity index is 641. The van der Waals surface area contributed by atoms with Crippen LogP contribution in [0.1, 0.15) is 22.8 Å². The van der Waals surface area contributed by atoms with Crippen molar-refractivity contribution in [3.63, 3.8) is 0 Å². The number of halogens is 2. The number of hydrogen-bond donors (Lipinski definition) is 0. The summed E-state index contributed by atoms with van der Waals surface area (Å²) in [4.78, 5) is 10.9. The van der Waals surface area contributed by atoms with Gasteiger partial charge in [0.25, 0.3) is 0 Å². The first-order chi connectivity index (χ1) is 10.2. The highest BCUT2D eigenvalue weighted by molar-refractivity contribution is 6.33. The molecule has 0 bridgehead atoms. The largest absolute Gasteiger partial charge is 0.490 e. The first kappa shape index (κ1) is 15.7. The Morgan fingerprint density at radius 2 is 1.76 bits per heavy atom. The number of aldehydes is 1. The zero-order chi connectivity index (χ0) is 15.2. The summed E-state index contributed by atoms with van der Waals surface area (Å²) in [5, 5.41) is 0.952. The van der Waals surface area contributed by atoms with Gasteiger partial charge in [-0.15, -0.1) is 0 Å². The predicted molar refractivity (Wildman–Crippen MR) is 83.8 cm³/mol. The number of carbonyl (C=O) groups excluding carboxylic acids is 1. The van der Waals surface area contributed by atoms with Gasteiger partial charge in [0.2, 0.25) is 0 Å². The van der Waals surface area contributed by atoms with Crippen LogP contribution < -0.4 is 9.47 Å². The zero-order valence-electron chi connectivity index (χ0n) is 11.4. The maximum atomic E-state index is 10.9. The maximum Gasteiger partial charge on any atom is 0.163 e. The Hall–Kier alpha value is -1.71. The van der Waals surface area contributed by atoms with Crippen molar-refractivity contribution in [3.8, 4) is 11.5 Å². The Morgan fingerprint density at radius 1 is 1.05 bits per heavy atom. The standard InChI is InChI=1S/C16H14Cl2O3/c1-2-20-15-7-12(9-19)14(18)8-16(15)21-10-11-5-3-4-6-13(11)17/h3-9H,2,10H2,1H3. The molecule has 21 heavy (non-hydrogen) atoms. The van der Waals surface area contributed by atoms with E-state index in [-0.39, 0.29) is 6.61 Å². The molecule has 0 aliphatic carbocycles. The Kier molecular flexibility index (Phi) is 5.48. The summed E-state index contributed by atoms with van der Waals surface area (Å²) in [5.41, 5.74) is 1.22. The molecule has 0 atom stereocenters. The fourth-order valence-corrected chi connectivity index (χ4v) is 2.18. The summed E-state index contributed by atoms with van der Waals surface area (Å²) < 4.78 is 11.2. The van der Waals surface area contributed by atoms with Crippen LogP contribution in [-0.4, -0.2) is 12.9 Å². The third-order valence-electron chi connectivity index (χ3n) is 2.83. The minimum atomic E-state index is 0.288. The van der Waals surface area contributed by atoms with E-state index < -0.39 is 0 Å². The van der Waals surface area contributed by atoms with E-state index in [0.29, 0.717) is 40.0 Å². The van der Waals surface area contributed by atoms with Crippen LogP contribution >= 0.6 is 23.2 Å². The highest BCUT2D eigenvalue weighted by atomic mass is 35.5. The van der Waals surface area contributed by atoms with Gasteiger partial charge in [0.15, 0.2) is 17.8 Å². The fraction of sp³-hybridized carbons (Fsp3) is 0.188. The van der Waals surface area contributed by atoms with Crippen molar-refractivity contribution in [2.45, 2.75) is 13.5 Å². The Morgan fingerprint density at radius 3 is 2.43 bits per heavy atom. The number of rotatable bonds is 6. The summed E-state index contributed by atoms with van der Waals surface area (Å²) in [6.45, 7) is 2.60. The van der Waals surface area contributed by atoms with Gasteiger partial charge >= 0.3 is 0 Å². The molecule has 0 spiro atoms. The minimum absolute atomic E-state index is 0.288. The summed E-state index contributed by atoms with van der Waals surface area (Å²) in [6, 6.07) is 10.6. The second kappa shape index (κ2) is 7.34. The van der Waals surface area contributed by atoms with Gasteiger partial charge in [-0.25, -0.2) is 0 Å². The molecule has 0 fully saturated rings. The molecule has 2 aromatic rings. The lowest BCUT2D eigenvalue weighted by molar-refractivity contribution is 0.112. The molecule has 0 heterocycles. The van der Waals surface area contributed by atoms with Gasteiger partial charge in [0, 0.05) is 22.2 Å². The van der Waals surface area contributed by atoms with Crippen molar-refractivity contribution in [2.75, 3.05) is 6.61 Å². The zero-order valence-corrected chi connectivity index (χ0v) is 12.9. The van der Waals surface area contributed by atoms with Crippen LogP contribution in [0.25, 0.3) is 0 Å². The highest BCUT2D eigenvalue weighted by Gasteiger charge is 2.11. The molecule has 2 aromatic carbocycles. The van der Waals surface area contributed by atoms with E-state index in [4.69, 9.17) is 32.7 Å². The molecular weight excluding hydrogens is 311 g/mol. The van der Waals surface area contributed by atoms with E-state index in [1.165, 1.54) is 0 Å². The summed E-state index contributed by atoms with van der Waals surface area (Å²) in [5.74, 6) is 0.962. The first-order valence-corrected chi connectivity index (χ1v) is 7.19. The Balaban J connectivity index is 2.24. The van der Waals surface area contributed by atoms with Crippen LogP contribution in [0.2, 0.25) is 10.0 Å². The van der Waals surface area contributed by atoms with Crippen molar-refractivity contribution in [2.24, 2.45) is 0 Å². The molecule has 0 aliphatic rings. The number of ether oxygens (including phenoxy) is 2. The molecule has 3 nitrogen and oxygen atoms in total. The van der Waals surface area contributed by atoms with E-state index in [1.54, 1.807) is 18.2 Å². The minimum Gasteiger partial charge on any atom is -0.490 e. The van der Waals surface area contributed by atoms with Crippen molar-refractivity contribution in [3.05, 3.63) is 57.6 Å². The third-order valence-corrected chi connectivity index (χ3v) is 3.53. The van der Waals surface area contributed by atoms with E-state index in [9.17, 15) is 4.79 Å². The van der Waals surface area contributed by atoms with Crippen molar-refractivity contribution >= 4 is 29.5 Å². The molecule has 0 radical (unpaired) electrons. The number of benzene rings is 2. The van der Waals surface area contributed by atoms with Gasteiger partial charge in [-0.3, -0.25) is 4.79 Å². The highest BCUT2D eigenvalue weighted by Crippen LogP contribution is 2.34. The van der Waals surface area contributed by atoms with Crippen LogP contribution in [0.4, 0.5) is 0 Å². The smallest absolute Gasteiger partial charge is 0.163 e. The van der Waals surface area contributed by atoms with Gasteiger partial charge in [-0.1, -0.05) is 41.4 Å². The molecule has 110 valence electrons. The normalized spacial score (nSPS) is 10.2.